The van der Waals surface area contributed by atoms with Crippen LogP contribution in [0.1, 0.15) is 25.0 Å². The smallest absolute Gasteiger partial charge is 0.191 e. The molecule has 0 saturated carbocycles. The molecule has 0 fully saturated rings. The molecule has 0 aliphatic carbocycles. The Labute approximate surface area is 167 Å². The molecule has 0 unspecified atom stereocenters. The van der Waals surface area contributed by atoms with Crippen LogP contribution in [-0.2, 0) is 17.8 Å². The predicted octanol–water partition coefficient (Wildman–Crippen LogP) is 2.64. The number of benzene rings is 1. The predicted molar refractivity (Wildman–Crippen MR) is 112 cm³/mol. The molecule has 0 spiro atoms. The Hall–Kier alpha value is -1.61. The maximum absolute atomic E-state index is 5.40. The lowest BCUT2D eigenvalue weighted by molar-refractivity contribution is 0.0268. The van der Waals surface area contributed by atoms with E-state index < -0.39 is 0 Å². The molecule has 138 valence electrons. The van der Waals surface area contributed by atoms with E-state index in [9.17, 15) is 0 Å². The van der Waals surface area contributed by atoms with E-state index in [-0.39, 0.29) is 29.6 Å². The van der Waals surface area contributed by atoms with Crippen molar-refractivity contribution in [2.75, 3.05) is 20.7 Å². The van der Waals surface area contributed by atoms with Gasteiger partial charge in [-0.15, -0.1) is 24.0 Å². The minimum absolute atomic E-state index is 0. The lowest BCUT2D eigenvalue weighted by Crippen LogP contribution is -2.45. The zero-order valence-electron chi connectivity index (χ0n) is 15.3. The van der Waals surface area contributed by atoms with Crippen LogP contribution in [0.2, 0.25) is 0 Å². The second-order valence-electron chi connectivity index (χ2n) is 6.27. The molecule has 6 nitrogen and oxygen atoms in total. The highest BCUT2D eigenvalue weighted by Crippen LogP contribution is 2.05. The van der Waals surface area contributed by atoms with Gasteiger partial charge < -0.3 is 15.4 Å². The van der Waals surface area contributed by atoms with Crippen molar-refractivity contribution in [2.45, 2.75) is 32.5 Å². The molecule has 0 saturated heterocycles. The van der Waals surface area contributed by atoms with Crippen molar-refractivity contribution in [3.05, 3.63) is 53.9 Å². The summed E-state index contributed by atoms with van der Waals surface area (Å²) in [5, 5.41) is 11.0. The van der Waals surface area contributed by atoms with Crippen molar-refractivity contribution in [3.8, 4) is 0 Å². The molecular formula is C18H28IN5O. The zero-order valence-corrected chi connectivity index (χ0v) is 17.7. The van der Waals surface area contributed by atoms with Gasteiger partial charge in [0.2, 0.25) is 0 Å². The monoisotopic (exact) mass is 457 g/mol. The maximum Gasteiger partial charge on any atom is 0.191 e. The second kappa shape index (κ2) is 10.4. The van der Waals surface area contributed by atoms with Crippen LogP contribution < -0.4 is 10.6 Å². The minimum Gasteiger partial charge on any atom is -0.377 e. The zero-order chi connectivity index (χ0) is 17.4. The highest BCUT2D eigenvalue weighted by molar-refractivity contribution is 14.0. The number of ether oxygens (including phenoxy) is 1. The van der Waals surface area contributed by atoms with Gasteiger partial charge in [0.25, 0.3) is 0 Å². The fourth-order valence-electron chi connectivity index (χ4n) is 2.13. The van der Waals surface area contributed by atoms with Crippen molar-refractivity contribution >= 4 is 29.9 Å². The Morgan fingerprint density at radius 2 is 1.92 bits per heavy atom. The topological polar surface area (TPSA) is 63.5 Å². The second-order valence-corrected chi connectivity index (χ2v) is 6.27. The number of hydrogen-bond donors (Lipinski definition) is 2. The molecule has 1 heterocycles. The third-order valence-corrected chi connectivity index (χ3v) is 3.79. The van der Waals surface area contributed by atoms with Crippen LogP contribution >= 0.6 is 24.0 Å². The Bertz CT molecular complexity index is 654. The Balaban J connectivity index is 0.00000312. The van der Waals surface area contributed by atoms with Crippen molar-refractivity contribution in [1.29, 1.82) is 0 Å². The number of hydrogen-bond acceptors (Lipinski definition) is 3. The summed E-state index contributed by atoms with van der Waals surface area (Å²) in [4.78, 5) is 4.23. The number of guanidine groups is 1. The summed E-state index contributed by atoms with van der Waals surface area (Å²) in [6, 6.07) is 10.3. The molecule has 0 radical (unpaired) electrons. The highest BCUT2D eigenvalue weighted by atomic mass is 127. The Morgan fingerprint density at radius 3 is 2.56 bits per heavy atom. The van der Waals surface area contributed by atoms with E-state index in [0.29, 0.717) is 13.1 Å². The molecule has 7 heteroatoms. The van der Waals surface area contributed by atoms with E-state index in [2.05, 4.69) is 32.9 Å². The van der Waals surface area contributed by atoms with Crippen LogP contribution in [0.5, 0.6) is 0 Å². The molecule has 2 N–H and O–H groups in total. The quantitative estimate of drug-likeness (QED) is 0.381. The fourth-order valence-corrected chi connectivity index (χ4v) is 2.13. The molecule has 0 atom stereocenters. The summed E-state index contributed by atoms with van der Waals surface area (Å²) in [5.74, 6) is 0.746. The standard InChI is InChI=1S/C18H27N5O.HI/c1-18(2,24-4)14-21-17(19-3)20-10-16-11-22-23(13-16)12-15-8-6-5-7-9-15;/h5-9,11,13H,10,12,14H2,1-4H3,(H2,19,20,21);1H. The van der Waals surface area contributed by atoms with Gasteiger partial charge in [0.15, 0.2) is 5.96 Å². The van der Waals surface area contributed by atoms with Gasteiger partial charge in [-0.05, 0) is 19.4 Å². The SMILES string of the molecule is CN=C(NCc1cnn(Cc2ccccc2)c1)NCC(C)(C)OC.I. The summed E-state index contributed by atoms with van der Waals surface area (Å²) in [6.07, 6.45) is 3.93. The lowest BCUT2D eigenvalue weighted by atomic mass is 10.1. The van der Waals surface area contributed by atoms with Crippen molar-refractivity contribution in [1.82, 2.24) is 20.4 Å². The first kappa shape index (κ1) is 21.4. The Kier molecular flexibility index (Phi) is 8.91. The molecule has 0 bridgehead atoms. The van der Waals surface area contributed by atoms with E-state index in [1.165, 1.54) is 5.56 Å². The van der Waals surface area contributed by atoms with Crippen LogP contribution in [-0.4, -0.2) is 42.0 Å². The van der Waals surface area contributed by atoms with E-state index in [1.54, 1.807) is 14.2 Å². The molecule has 0 aliphatic heterocycles. The largest absolute Gasteiger partial charge is 0.377 e. The van der Waals surface area contributed by atoms with Crippen LogP contribution in [0.25, 0.3) is 0 Å². The molecule has 1 aromatic heterocycles. The number of aliphatic imine (C=N–C) groups is 1. The van der Waals surface area contributed by atoms with Crippen molar-refractivity contribution < 1.29 is 4.74 Å². The number of nitrogens with one attached hydrogen (secondary N) is 2. The van der Waals surface area contributed by atoms with Gasteiger partial charge in [-0.2, -0.15) is 5.10 Å². The molecule has 25 heavy (non-hydrogen) atoms. The number of halogens is 1. The third kappa shape index (κ3) is 7.43. The first-order chi connectivity index (χ1) is 11.5. The molecule has 0 amide bonds. The third-order valence-electron chi connectivity index (χ3n) is 3.79. The molecule has 2 aromatic rings. The summed E-state index contributed by atoms with van der Waals surface area (Å²) in [6.45, 7) is 6.18. The average molecular weight is 457 g/mol. The van der Waals surface area contributed by atoms with Crippen LogP contribution in [0.3, 0.4) is 0 Å². The van der Waals surface area contributed by atoms with Crippen LogP contribution in [0.4, 0.5) is 0 Å². The molecule has 2 rings (SSSR count). The number of aromatic nitrogens is 2. The summed E-state index contributed by atoms with van der Waals surface area (Å²) in [5.41, 5.74) is 2.11. The summed E-state index contributed by atoms with van der Waals surface area (Å²) >= 11 is 0. The van der Waals surface area contributed by atoms with E-state index in [1.807, 2.05) is 49.1 Å². The minimum atomic E-state index is -0.238. The number of methoxy groups -OCH3 is 1. The van der Waals surface area contributed by atoms with E-state index in [0.717, 1.165) is 18.1 Å². The highest BCUT2D eigenvalue weighted by Gasteiger charge is 2.16. The van der Waals surface area contributed by atoms with Gasteiger partial charge in [-0.25, -0.2) is 0 Å². The lowest BCUT2D eigenvalue weighted by Gasteiger charge is -2.24. The normalized spacial score (nSPS) is 11.8. The Morgan fingerprint density at radius 1 is 1.20 bits per heavy atom. The van der Waals surface area contributed by atoms with Crippen molar-refractivity contribution in [3.63, 3.8) is 0 Å². The maximum atomic E-state index is 5.40. The van der Waals surface area contributed by atoms with Gasteiger partial charge in [0, 0.05) is 39.0 Å². The summed E-state index contributed by atoms with van der Waals surface area (Å²) in [7, 11) is 3.47. The molecule has 1 aromatic carbocycles. The van der Waals surface area contributed by atoms with Gasteiger partial charge in [0.05, 0.1) is 18.3 Å². The van der Waals surface area contributed by atoms with Gasteiger partial charge in [0.1, 0.15) is 0 Å². The van der Waals surface area contributed by atoms with Gasteiger partial charge in [-0.3, -0.25) is 9.67 Å². The first-order valence-electron chi connectivity index (χ1n) is 8.07. The van der Waals surface area contributed by atoms with Crippen LogP contribution in [0, 0.1) is 0 Å². The van der Waals surface area contributed by atoms with E-state index >= 15 is 0 Å². The fraction of sp³-hybridized carbons (Fsp3) is 0.444. The number of rotatable bonds is 7. The first-order valence-corrected chi connectivity index (χ1v) is 8.07. The van der Waals surface area contributed by atoms with Crippen LogP contribution in [0.15, 0.2) is 47.7 Å². The summed E-state index contributed by atoms with van der Waals surface area (Å²) < 4.78 is 7.34. The van der Waals surface area contributed by atoms with Crippen molar-refractivity contribution in [2.24, 2.45) is 4.99 Å². The molecule has 0 aliphatic rings. The van der Waals surface area contributed by atoms with E-state index in [4.69, 9.17) is 4.74 Å². The average Bonchev–Trinajstić information content (AvgIpc) is 3.03. The van der Waals surface area contributed by atoms with Gasteiger partial charge >= 0.3 is 0 Å². The molecular weight excluding hydrogens is 429 g/mol. The number of nitrogens with zero attached hydrogens (tertiary/aromatic N) is 3. The van der Waals surface area contributed by atoms with Gasteiger partial charge in [-0.1, -0.05) is 30.3 Å².